The lowest BCUT2D eigenvalue weighted by atomic mass is 9.85. The number of hydrogen-bond acceptors (Lipinski definition) is 3. The Hall–Kier alpha value is -1.55. The van der Waals surface area contributed by atoms with Crippen LogP contribution >= 0.6 is 11.6 Å². The fourth-order valence-corrected chi connectivity index (χ4v) is 2.87. The number of fused-ring (bicyclic) bond motifs is 1. The Morgan fingerprint density at radius 1 is 1.33 bits per heavy atom. The lowest BCUT2D eigenvalue weighted by Crippen LogP contribution is -2.30. The number of imide groups is 1. The van der Waals surface area contributed by atoms with Gasteiger partial charge < -0.3 is 4.42 Å². The fraction of sp³-hybridized carbons (Fsp3) is 0.385. The molecule has 1 aromatic rings. The first-order valence-electron chi connectivity index (χ1n) is 5.87. The van der Waals surface area contributed by atoms with Crippen molar-refractivity contribution in [1.29, 1.82) is 0 Å². The predicted molar refractivity (Wildman–Crippen MR) is 64.4 cm³/mol. The van der Waals surface area contributed by atoms with E-state index in [1.165, 1.54) is 11.2 Å². The quantitative estimate of drug-likeness (QED) is 0.771. The number of carbonyl (C=O) groups excluding carboxylic acids is 2. The summed E-state index contributed by atoms with van der Waals surface area (Å²) >= 11 is 5.95. The van der Waals surface area contributed by atoms with Crippen molar-refractivity contribution < 1.29 is 14.0 Å². The number of furan rings is 1. The molecule has 2 aliphatic rings. The van der Waals surface area contributed by atoms with Crippen molar-refractivity contribution in [2.75, 3.05) is 0 Å². The summed E-state index contributed by atoms with van der Waals surface area (Å²) in [4.78, 5) is 25.7. The number of rotatable bonds is 2. The summed E-state index contributed by atoms with van der Waals surface area (Å²) in [5.41, 5.74) is 0.828. The highest BCUT2D eigenvalue weighted by molar-refractivity contribution is 6.30. The van der Waals surface area contributed by atoms with Crippen LogP contribution in [0.3, 0.4) is 0 Å². The highest BCUT2D eigenvalue weighted by Crippen LogP contribution is 2.39. The molecule has 1 saturated heterocycles. The fourth-order valence-electron chi connectivity index (χ4n) is 2.62. The van der Waals surface area contributed by atoms with Crippen molar-refractivity contribution in [3.8, 4) is 0 Å². The topological polar surface area (TPSA) is 50.5 Å². The lowest BCUT2D eigenvalue weighted by molar-refractivity contribution is -0.140. The van der Waals surface area contributed by atoms with Crippen LogP contribution in [-0.2, 0) is 16.1 Å². The van der Waals surface area contributed by atoms with Crippen molar-refractivity contribution in [3.05, 3.63) is 35.3 Å². The number of likely N-dealkylation sites (tertiary alicyclic amines) is 1. The standard InChI is InChI=1S/C13H12ClNO3/c14-9-1-2-10-11(5-9)13(17)15(12(10)16)6-8-3-4-18-7-8/h1,3-4,7,10-11H,2,5-6H2. The first kappa shape index (κ1) is 11.5. The van der Waals surface area contributed by atoms with Crippen LogP contribution in [0.5, 0.6) is 0 Å². The third-order valence-electron chi connectivity index (χ3n) is 3.58. The number of nitrogens with zero attached hydrogens (tertiary/aromatic N) is 1. The van der Waals surface area contributed by atoms with Gasteiger partial charge in [-0.25, -0.2) is 0 Å². The van der Waals surface area contributed by atoms with Gasteiger partial charge in [0.15, 0.2) is 0 Å². The van der Waals surface area contributed by atoms with E-state index in [9.17, 15) is 9.59 Å². The average molecular weight is 266 g/mol. The lowest BCUT2D eigenvalue weighted by Gasteiger charge is -2.17. The summed E-state index contributed by atoms with van der Waals surface area (Å²) in [6.45, 7) is 0.290. The van der Waals surface area contributed by atoms with Gasteiger partial charge >= 0.3 is 0 Å². The summed E-state index contributed by atoms with van der Waals surface area (Å²) in [5, 5.41) is 0.683. The molecule has 0 N–H and O–H groups in total. The zero-order chi connectivity index (χ0) is 12.7. The van der Waals surface area contributed by atoms with Gasteiger partial charge in [-0.2, -0.15) is 0 Å². The maximum absolute atomic E-state index is 12.2. The highest BCUT2D eigenvalue weighted by Gasteiger charge is 2.48. The van der Waals surface area contributed by atoms with E-state index >= 15 is 0 Å². The summed E-state index contributed by atoms with van der Waals surface area (Å²) in [6, 6.07) is 1.76. The Morgan fingerprint density at radius 3 is 2.83 bits per heavy atom. The average Bonchev–Trinajstić information content (AvgIpc) is 2.93. The first-order chi connectivity index (χ1) is 8.66. The molecule has 1 aromatic heterocycles. The number of allylic oxidation sites excluding steroid dienone is 2. The summed E-state index contributed by atoms with van der Waals surface area (Å²) in [6.07, 6.45) is 5.98. The van der Waals surface area contributed by atoms with Gasteiger partial charge in [-0.3, -0.25) is 14.5 Å². The van der Waals surface area contributed by atoms with Gasteiger partial charge in [-0.15, -0.1) is 0 Å². The van der Waals surface area contributed by atoms with Gasteiger partial charge in [-0.1, -0.05) is 17.7 Å². The van der Waals surface area contributed by atoms with Crippen LogP contribution in [0.4, 0.5) is 0 Å². The molecule has 1 fully saturated rings. The normalized spacial score (nSPS) is 27.4. The SMILES string of the molecule is O=C1C2CC=C(Cl)CC2C(=O)N1Cc1ccoc1. The maximum Gasteiger partial charge on any atom is 0.233 e. The van der Waals surface area contributed by atoms with E-state index in [1.54, 1.807) is 12.3 Å². The van der Waals surface area contributed by atoms with Crippen LogP contribution in [0.15, 0.2) is 34.1 Å². The van der Waals surface area contributed by atoms with Gasteiger partial charge in [0.25, 0.3) is 0 Å². The van der Waals surface area contributed by atoms with Crippen LogP contribution < -0.4 is 0 Å². The van der Waals surface area contributed by atoms with Crippen molar-refractivity contribution in [1.82, 2.24) is 4.90 Å². The van der Waals surface area contributed by atoms with Crippen LogP contribution in [0.1, 0.15) is 18.4 Å². The molecule has 0 aromatic carbocycles. The van der Waals surface area contributed by atoms with E-state index in [0.29, 0.717) is 24.4 Å². The number of carbonyl (C=O) groups is 2. The molecule has 3 rings (SSSR count). The molecular weight excluding hydrogens is 254 g/mol. The van der Waals surface area contributed by atoms with Gasteiger partial charge in [0.1, 0.15) is 0 Å². The minimum absolute atomic E-state index is 0.0911. The molecule has 5 heteroatoms. The summed E-state index contributed by atoms with van der Waals surface area (Å²) < 4.78 is 4.95. The van der Waals surface area contributed by atoms with E-state index in [4.69, 9.17) is 16.0 Å². The molecule has 2 unspecified atom stereocenters. The summed E-state index contributed by atoms with van der Waals surface area (Å²) in [5.74, 6) is -0.710. The van der Waals surface area contributed by atoms with Crippen molar-refractivity contribution >= 4 is 23.4 Å². The molecule has 2 amide bonds. The third kappa shape index (κ3) is 1.77. The Kier molecular flexibility index (Phi) is 2.74. The van der Waals surface area contributed by atoms with Crippen molar-refractivity contribution in [2.24, 2.45) is 11.8 Å². The van der Waals surface area contributed by atoms with Crippen LogP contribution in [0.2, 0.25) is 0 Å². The first-order valence-corrected chi connectivity index (χ1v) is 6.25. The van der Waals surface area contributed by atoms with Crippen LogP contribution in [-0.4, -0.2) is 16.7 Å². The van der Waals surface area contributed by atoms with E-state index < -0.39 is 0 Å². The van der Waals surface area contributed by atoms with Crippen LogP contribution in [0, 0.1) is 11.8 Å². The zero-order valence-electron chi connectivity index (χ0n) is 9.64. The maximum atomic E-state index is 12.2. The second-order valence-electron chi connectivity index (χ2n) is 4.70. The molecule has 1 aliphatic heterocycles. The molecule has 0 bridgehead atoms. The van der Waals surface area contributed by atoms with Gasteiger partial charge in [0.2, 0.25) is 11.8 Å². The third-order valence-corrected chi connectivity index (χ3v) is 3.89. The smallest absolute Gasteiger partial charge is 0.233 e. The molecule has 2 atom stereocenters. The van der Waals surface area contributed by atoms with Gasteiger partial charge in [0.05, 0.1) is 30.9 Å². The molecular formula is C13H12ClNO3. The number of halogens is 1. The zero-order valence-corrected chi connectivity index (χ0v) is 10.4. The number of hydrogen-bond donors (Lipinski definition) is 0. The molecule has 0 spiro atoms. The monoisotopic (exact) mass is 265 g/mol. The van der Waals surface area contributed by atoms with Crippen molar-refractivity contribution in [2.45, 2.75) is 19.4 Å². The molecule has 4 nitrogen and oxygen atoms in total. The Morgan fingerprint density at radius 2 is 2.11 bits per heavy atom. The molecule has 94 valence electrons. The summed E-state index contributed by atoms with van der Waals surface area (Å²) in [7, 11) is 0. The molecule has 18 heavy (non-hydrogen) atoms. The van der Waals surface area contributed by atoms with E-state index in [-0.39, 0.29) is 23.7 Å². The second-order valence-corrected chi connectivity index (χ2v) is 5.18. The minimum Gasteiger partial charge on any atom is -0.472 e. The Labute approximate surface area is 109 Å². The molecule has 1 aliphatic carbocycles. The van der Waals surface area contributed by atoms with E-state index in [2.05, 4.69) is 0 Å². The Bertz CT molecular complexity index is 520. The van der Waals surface area contributed by atoms with Crippen molar-refractivity contribution in [3.63, 3.8) is 0 Å². The molecule has 0 radical (unpaired) electrons. The van der Waals surface area contributed by atoms with Gasteiger partial charge in [-0.05, 0) is 18.9 Å². The Balaban J connectivity index is 1.82. The minimum atomic E-state index is -0.276. The number of amides is 2. The highest BCUT2D eigenvalue weighted by atomic mass is 35.5. The molecule has 2 heterocycles. The second kappa shape index (κ2) is 4.28. The van der Waals surface area contributed by atoms with E-state index in [0.717, 1.165) is 5.56 Å². The van der Waals surface area contributed by atoms with Crippen LogP contribution in [0.25, 0.3) is 0 Å². The predicted octanol–water partition coefficient (Wildman–Crippen LogP) is 2.30. The molecule has 0 saturated carbocycles. The largest absolute Gasteiger partial charge is 0.472 e. The van der Waals surface area contributed by atoms with Gasteiger partial charge in [0, 0.05) is 10.6 Å². The van der Waals surface area contributed by atoms with E-state index in [1.807, 2.05) is 6.08 Å².